The number of rotatable bonds is 4. The van der Waals surface area contributed by atoms with Gasteiger partial charge in [-0.1, -0.05) is 18.2 Å². The summed E-state index contributed by atoms with van der Waals surface area (Å²) >= 11 is 0. The molecule has 2 aromatic carbocycles. The molecule has 0 saturated carbocycles. The number of amides is 1. The molecule has 29 heavy (non-hydrogen) atoms. The molecule has 0 bridgehead atoms. The minimum atomic E-state index is -0.732. The second-order valence-electron chi connectivity index (χ2n) is 6.15. The number of nitrogens with one attached hydrogen (secondary N) is 1. The lowest BCUT2D eigenvalue weighted by Crippen LogP contribution is -2.40. The van der Waals surface area contributed by atoms with Crippen LogP contribution in [0.3, 0.4) is 0 Å². The maximum atomic E-state index is 12.6. The van der Waals surface area contributed by atoms with Crippen molar-refractivity contribution in [3.63, 3.8) is 0 Å². The van der Waals surface area contributed by atoms with E-state index in [1.165, 1.54) is 38.2 Å². The molecule has 0 aliphatic carbocycles. The first-order chi connectivity index (χ1) is 13.8. The molecule has 3 rings (SSSR count). The number of hydrogen-bond donors (Lipinski definition) is 2. The van der Waals surface area contributed by atoms with Crippen molar-refractivity contribution in [2.75, 3.05) is 11.1 Å². The Morgan fingerprint density at radius 1 is 1.00 bits per heavy atom. The molecular formula is C20H18N4O5. The van der Waals surface area contributed by atoms with E-state index >= 15 is 0 Å². The predicted molar refractivity (Wildman–Crippen MR) is 107 cm³/mol. The number of esters is 1. The Morgan fingerprint density at radius 2 is 1.62 bits per heavy atom. The summed E-state index contributed by atoms with van der Waals surface area (Å²) in [5, 5.41) is 2.47. The molecule has 3 aromatic rings. The molecule has 9 nitrogen and oxygen atoms in total. The molecule has 0 atom stereocenters. The van der Waals surface area contributed by atoms with Crippen molar-refractivity contribution in [1.29, 1.82) is 0 Å². The molecule has 0 saturated heterocycles. The van der Waals surface area contributed by atoms with E-state index in [1.54, 1.807) is 30.3 Å². The number of nitrogens with two attached hydrogens (primary N) is 1. The fraction of sp³-hybridized carbons (Fsp3) is 0.100. The van der Waals surface area contributed by atoms with Gasteiger partial charge >= 0.3 is 11.7 Å². The largest absolute Gasteiger partial charge is 0.427 e. The first-order valence-electron chi connectivity index (χ1n) is 8.56. The molecule has 1 aromatic heterocycles. The van der Waals surface area contributed by atoms with Crippen LogP contribution in [0.4, 0.5) is 11.5 Å². The molecule has 148 valence electrons. The number of nitrogens with zero attached hydrogens (tertiary/aromatic N) is 2. The molecule has 0 fully saturated rings. The number of benzene rings is 2. The average Bonchev–Trinajstić information content (AvgIpc) is 2.70. The van der Waals surface area contributed by atoms with Crippen LogP contribution in [0, 0.1) is 0 Å². The third kappa shape index (κ3) is 3.93. The number of carbonyl (C=O) groups is 2. The van der Waals surface area contributed by atoms with Gasteiger partial charge < -0.3 is 15.8 Å². The Labute approximate surface area is 165 Å². The van der Waals surface area contributed by atoms with Gasteiger partial charge in [0, 0.05) is 19.5 Å². The normalized spacial score (nSPS) is 10.4. The van der Waals surface area contributed by atoms with E-state index in [-0.39, 0.29) is 22.8 Å². The highest BCUT2D eigenvalue weighted by atomic mass is 16.5. The number of para-hydroxylation sites is 1. The Balaban J connectivity index is 2.00. The van der Waals surface area contributed by atoms with Crippen molar-refractivity contribution in [3.8, 4) is 11.4 Å². The number of carbonyl (C=O) groups excluding carboxylic acids is 2. The Hall–Kier alpha value is -4.14. The summed E-state index contributed by atoms with van der Waals surface area (Å²) in [6, 6.07) is 14.3. The van der Waals surface area contributed by atoms with Crippen LogP contribution in [-0.2, 0) is 11.8 Å². The third-order valence-corrected chi connectivity index (χ3v) is 4.12. The van der Waals surface area contributed by atoms with Gasteiger partial charge in [0.1, 0.15) is 17.3 Å². The fourth-order valence-corrected chi connectivity index (χ4v) is 2.70. The highest BCUT2D eigenvalue weighted by Crippen LogP contribution is 2.18. The van der Waals surface area contributed by atoms with Crippen molar-refractivity contribution in [1.82, 2.24) is 9.13 Å². The lowest BCUT2D eigenvalue weighted by molar-refractivity contribution is -0.131. The van der Waals surface area contributed by atoms with E-state index in [9.17, 15) is 19.2 Å². The molecule has 9 heteroatoms. The first-order valence-corrected chi connectivity index (χ1v) is 8.56. The minimum absolute atomic E-state index is 0.186. The zero-order chi connectivity index (χ0) is 21.1. The maximum absolute atomic E-state index is 12.6. The number of anilines is 2. The van der Waals surface area contributed by atoms with E-state index in [0.29, 0.717) is 5.69 Å². The molecule has 0 aliphatic heterocycles. The van der Waals surface area contributed by atoms with Gasteiger partial charge in [-0.05, 0) is 36.4 Å². The highest BCUT2D eigenvalue weighted by Gasteiger charge is 2.19. The van der Waals surface area contributed by atoms with E-state index in [2.05, 4.69) is 5.32 Å². The van der Waals surface area contributed by atoms with E-state index in [0.717, 1.165) is 9.13 Å². The van der Waals surface area contributed by atoms with Gasteiger partial charge in [-0.3, -0.25) is 19.0 Å². The zero-order valence-corrected chi connectivity index (χ0v) is 15.7. The summed E-state index contributed by atoms with van der Waals surface area (Å²) < 4.78 is 6.92. The SMILES string of the molecule is CC(=O)Oc1ccc(C(=O)Nc2c(N)n(-c3ccccc3)c(=O)n(C)c2=O)cc1. The van der Waals surface area contributed by atoms with E-state index < -0.39 is 23.1 Å². The van der Waals surface area contributed by atoms with Crippen LogP contribution in [0.5, 0.6) is 5.75 Å². The van der Waals surface area contributed by atoms with Gasteiger partial charge in [-0.2, -0.15) is 0 Å². The lowest BCUT2D eigenvalue weighted by Gasteiger charge is -2.15. The molecular weight excluding hydrogens is 376 g/mol. The van der Waals surface area contributed by atoms with Gasteiger partial charge in [0.15, 0.2) is 0 Å². The van der Waals surface area contributed by atoms with Gasteiger partial charge in [-0.15, -0.1) is 0 Å². The van der Waals surface area contributed by atoms with Crippen LogP contribution in [0.15, 0.2) is 64.2 Å². The van der Waals surface area contributed by atoms with Crippen LogP contribution in [0.25, 0.3) is 5.69 Å². The first kappa shape index (κ1) is 19.6. The zero-order valence-electron chi connectivity index (χ0n) is 15.7. The minimum Gasteiger partial charge on any atom is -0.427 e. The number of nitrogen functional groups attached to an aromatic ring is 1. The number of ether oxygens (including phenoxy) is 1. The van der Waals surface area contributed by atoms with Crippen molar-refractivity contribution < 1.29 is 14.3 Å². The summed E-state index contributed by atoms with van der Waals surface area (Å²) in [6.45, 7) is 1.26. The van der Waals surface area contributed by atoms with Gasteiger partial charge in [0.2, 0.25) is 0 Å². The summed E-state index contributed by atoms with van der Waals surface area (Å²) in [5.41, 5.74) is 5.14. The molecule has 1 heterocycles. The Kier molecular flexibility index (Phi) is 5.31. The molecule has 0 spiro atoms. The number of aromatic nitrogens is 2. The predicted octanol–water partition coefficient (Wildman–Crippen LogP) is 1.30. The summed E-state index contributed by atoms with van der Waals surface area (Å²) in [7, 11) is 1.30. The maximum Gasteiger partial charge on any atom is 0.337 e. The average molecular weight is 394 g/mol. The fourth-order valence-electron chi connectivity index (χ4n) is 2.70. The van der Waals surface area contributed by atoms with Crippen LogP contribution in [0.2, 0.25) is 0 Å². The van der Waals surface area contributed by atoms with E-state index in [4.69, 9.17) is 10.5 Å². The van der Waals surface area contributed by atoms with Crippen LogP contribution in [0.1, 0.15) is 17.3 Å². The van der Waals surface area contributed by atoms with Crippen molar-refractivity contribution >= 4 is 23.4 Å². The van der Waals surface area contributed by atoms with Gasteiger partial charge in [-0.25, -0.2) is 9.36 Å². The van der Waals surface area contributed by atoms with E-state index in [1.807, 2.05) is 0 Å². The lowest BCUT2D eigenvalue weighted by atomic mass is 10.2. The second-order valence-corrected chi connectivity index (χ2v) is 6.15. The molecule has 0 unspecified atom stereocenters. The standard InChI is InChI=1S/C20H18N4O5/c1-12(25)29-15-10-8-13(9-11-15)18(26)22-16-17(21)24(14-6-4-3-5-7-14)20(28)23(2)19(16)27/h3-11H,21H2,1-2H3,(H,22,26). The van der Waals surface area contributed by atoms with Crippen LogP contribution >= 0.6 is 0 Å². The quantitative estimate of drug-likeness (QED) is 0.507. The van der Waals surface area contributed by atoms with Crippen LogP contribution in [-0.4, -0.2) is 21.0 Å². The summed E-state index contributed by atoms with van der Waals surface area (Å²) in [6.07, 6.45) is 0. The molecule has 0 radical (unpaired) electrons. The third-order valence-electron chi connectivity index (χ3n) is 4.12. The smallest absolute Gasteiger partial charge is 0.337 e. The molecule has 3 N–H and O–H groups in total. The summed E-state index contributed by atoms with van der Waals surface area (Å²) in [4.78, 5) is 48.6. The van der Waals surface area contributed by atoms with Crippen molar-refractivity contribution in [2.45, 2.75) is 6.92 Å². The number of hydrogen-bond acceptors (Lipinski definition) is 6. The Morgan fingerprint density at radius 3 is 2.21 bits per heavy atom. The highest BCUT2D eigenvalue weighted by molar-refractivity contribution is 6.05. The van der Waals surface area contributed by atoms with Crippen molar-refractivity contribution in [2.24, 2.45) is 7.05 Å². The van der Waals surface area contributed by atoms with Gasteiger partial charge in [0.25, 0.3) is 11.5 Å². The Bertz CT molecular complexity index is 1190. The second kappa shape index (κ2) is 7.85. The van der Waals surface area contributed by atoms with Gasteiger partial charge in [0.05, 0.1) is 5.69 Å². The topological polar surface area (TPSA) is 125 Å². The van der Waals surface area contributed by atoms with Crippen molar-refractivity contribution in [3.05, 3.63) is 81.0 Å². The van der Waals surface area contributed by atoms with Crippen LogP contribution < -0.4 is 27.0 Å². The molecule has 0 aliphatic rings. The monoisotopic (exact) mass is 394 g/mol. The summed E-state index contributed by atoms with van der Waals surface area (Å²) in [5.74, 6) is -1.00. The molecule has 1 amide bonds.